The molecule has 1 aliphatic heterocycles. The van der Waals surface area contributed by atoms with Gasteiger partial charge in [0.2, 0.25) is 5.95 Å². The van der Waals surface area contributed by atoms with Crippen molar-refractivity contribution in [2.24, 2.45) is 0 Å². The molecular formula is C12H18F3N5. The maximum absolute atomic E-state index is 12.8. The van der Waals surface area contributed by atoms with Crippen LogP contribution in [0.5, 0.6) is 0 Å². The summed E-state index contributed by atoms with van der Waals surface area (Å²) in [5, 5.41) is 0. The average molecular weight is 289 g/mol. The number of nitrogens with zero attached hydrogens (tertiary/aromatic N) is 4. The van der Waals surface area contributed by atoms with Gasteiger partial charge in [-0.15, -0.1) is 0 Å². The smallest absolute Gasteiger partial charge is 0.368 e. The number of rotatable bonds is 3. The molecule has 1 unspecified atom stereocenters. The molecule has 0 bridgehead atoms. The number of halogens is 3. The fraction of sp³-hybridized carbons (Fsp3) is 0.667. The highest BCUT2D eigenvalue weighted by atomic mass is 19.4. The molecule has 2 rings (SSSR count). The van der Waals surface area contributed by atoms with Gasteiger partial charge >= 0.3 is 6.18 Å². The van der Waals surface area contributed by atoms with E-state index in [-0.39, 0.29) is 17.8 Å². The van der Waals surface area contributed by atoms with E-state index in [0.29, 0.717) is 6.54 Å². The van der Waals surface area contributed by atoms with Crippen molar-refractivity contribution >= 4 is 11.8 Å². The molecule has 20 heavy (non-hydrogen) atoms. The number of hydrogen-bond acceptors (Lipinski definition) is 5. The van der Waals surface area contributed by atoms with E-state index < -0.39 is 11.9 Å². The fourth-order valence-electron chi connectivity index (χ4n) is 2.49. The van der Waals surface area contributed by atoms with Crippen LogP contribution in [-0.2, 0) is 6.18 Å². The Morgan fingerprint density at radius 2 is 2.10 bits per heavy atom. The van der Waals surface area contributed by atoms with E-state index in [1.807, 2.05) is 23.9 Å². The molecule has 1 aliphatic rings. The zero-order valence-corrected chi connectivity index (χ0v) is 11.5. The number of likely N-dealkylation sites (N-methyl/N-ethyl adjacent to an activating group) is 1. The second-order valence-corrected chi connectivity index (χ2v) is 5.22. The van der Waals surface area contributed by atoms with Crippen LogP contribution < -0.4 is 10.6 Å². The quantitative estimate of drug-likeness (QED) is 0.916. The molecule has 1 aromatic heterocycles. The van der Waals surface area contributed by atoms with Crippen LogP contribution in [0.3, 0.4) is 0 Å². The molecule has 2 heterocycles. The summed E-state index contributed by atoms with van der Waals surface area (Å²) in [4.78, 5) is 11.1. The molecule has 0 aromatic carbocycles. The van der Waals surface area contributed by atoms with E-state index in [1.165, 1.54) is 0 Å². The van der Waals surface area contributed by atoms with Crippen molar-refractivity contribution in [2.75, 3.05) is 37.8 Å². The lowest BCUT2D eigenvalue weighted by molar-refractivity contribution is -0.141. The van der Waals surface area contributed by atoms with E-state index >= 15 is 0 Å². The van der Waals surface area contributed by atoms with E-state index in [1.54, 1.807) is 0 Å². The monoisotopic (exact) mass is 289 g/mol. The van der Waals surface area contributed by atoms with Crippen LogP contribution in [0.1, 0.15) is 18.5 Å². The Kier molecular flexibility index (Phi) is 4.03. The predicted octanol–water partition coefficient (Wildman–Crippen LogP) is 1.61. The van der Waals surface area contributed by atoms with Crippen LogP contribution in [0, 0.1) is 0 Å². The van der Waals surface area contributed by atoms with Crippen molar-refractivity contribution < 1.29 is 13.2 Å². The minimum Gasteiger partial charge on any atom is -0.368 e. The molecule has 0 amide bonds. The molecule has 0 saturated carbocycles. The third-order valence-electron chi connectivity index (χ3n) is 3.27. The van der Waals surface area contributed by atoms with Crippen molar-refractivity contribution in [2.45, 2.75) is 25.1 Å². The lowest BCUT2D eigenvalue weighted by Gasteiger charge is -2.28. The van der Waals surface area contributed by atoms with Crippen LogP contribution in [0.15, 0.2) is 6.07 Å². The summed E-state index contributed by atoms with van der Waals surface area (Å²) in [6, 6.07) is 1.13. The first-order valence-electron chi connectivity index (χ1n) is 6.40. The Labute approximate surface area is 115 Å². The molecule has 8 heteroatoms. The Bertz CT molecular complexity index is 475. The predicted molar refractivity (Wildman–Crippen MR) is 70.4 cm³/mol. The van der Waals surface area contributed by atoms with Crippen LogP contribution in [0.4, 0.5) is 24.9 Å². The van der Waals surface area contributed by atoms with E-state index in [0.717, 1.165) is 25.5 Å². The molecular weight excluding hydrogens is 271 g/mol. The highest BCUT2D eigenvalue weighted by Gasteiger charge is 2.35. The zero-order chi connectivity index (χ0) is 14.9. The molecule has 5 nitrogen and oxygen atoms in total. The first-order valence-corrected chi connectivity index (χ1v) is 6.40. The molecule has 1 aromatic rings. The number of alkyl halides is 3. The molecule has 0 aliphatic carbocycles. The standard InChI is InChI=1S/C12H18F3N5/c1-19(2)7-8-4-3-5-20(8)10-6-9(12(13,14)15)17-11(16)18-10/h6,8H,3-5,7H2,1-2H3,(H2,16,17,18). The van der Waals surface area contributed by atoms with Crippen molar-refractivity contribution in [3.63, 3.8) is 0 Å². The number of hydrogen-bond donors (Lipinski definition) is 1. The van der Waals surface area contributed by atoms with Gasteiger partial charge in [0.05, 0.1) is 0 Å². The molecule has 0 spiro atoms. The van der Waals surface area contributed by atoms with E-state index in [9.17, 15) is 13.2 Å². The Morgan fingerprint density at radius 3 is 2.70 bits per heavy atom. The van der Waals surface area contributed by atoms with E-state index in [2.05, 4.69) is 9.97 Å². The summed E-state index contributed by atoms with van der Waals surface area (Å²) < 4.78 is 38.3. The summed E-state index contributed by atoms with van der Waals surface area (Å²) >= 11 is 0. The van der Waals surface area contributed by atoms with E-state index in [4.69, 9.17) is 5.73 Å². The van der Waals surface area contributed by atoms with Gasteiger partial charge in [0, 0.05) is 25.2 Å². The number of nitrogens with two attached hydrogens (primary N) is 1. The van der Waals surface area contributed by atoms with Crippen molar-refractivity contribution in [1.82, 2.24) is 14.9 Å². The lowest BCUT2D eigenvalue weighted by Crippen LogP contribution is -2.38. The van der Waals surface area contributed by atoms with Gasteiger partial charge in [-0.2, -0.15) is 18.2 Å². The normalized spacial score (nSPS) is 19.9. The fourth-order valence-corrected chi connectivity index (χ4v) is 2.49. The Balaban J connectivity index is 2.30. The first-order chi connectivity index (χ1) is 9.27. The number of anilines is 2. The zero-order valence-electron chi connectivity index (χ0n) is 11.5. The van der Waals surface area contributed by atoms with Gasteiger partial charge in [-0.05, 0) is 26.9 Å². The van der Waals surface area contributed by atoms with Gasteiger partial charge in [-0.3, -0.25) is 0 Å². The minimum atomic E-state index is -4.51. The second-order valence-electron chi connectivity index (χ2n) is 5.22. The third kappa shape index (κ3) is 3.30. The minimum absolute atomic E-state index is 0.153. The van der Waals surface area contributed by atoms with Crippen LogP contribution in [0.25, 0.3) is 0 Å². The van der Waals surface area contributed by atoms with Crippen LogP contribution >= 0.6 is 0 Å². The largest absolute Gasteiger partial charge is 0.433 e. The van der Waals surface area contributed by atoms with Gasteiger partial charge < -0.3 is 15.5 Å². The molecule has 1 saturated heterocycles. The summed E-state index contributed by atoms with van der Waals surface area (Å²) in [7, 11) is 3.87. The highest BCUT2D eigenvalue weighted by Crippen LogP contribution is 2.32. The molecule has 0 radical (unpaired) electrons. The third-order valence-corrected chi connectivity index (χ3v) is 3.27. The average Bonchev–Trinajstić information content (AvgIpc) is 2.74. The topological polar surface area (TPSA) is 58.3 Å². The van der Waals surface area contributed by atoms with Gasteiger partial charge in [0.1, 0.15) is 5.82 Å². The first kappa shape index (κ1) is 14.8. The Morgan fingerprint density at radius 1 is 1.40 bits per heavy atom. The summed E-state index contributed by atoms with van der Waals surface area (Å²) in [6.45, 7) is 1.46. The van der Waals surface area contributed by atoms with Crippen LogP contribution in [0.2, 0.25) is 0 Å². The summed E-state index contributed by atoms with van der Waals surface area (Å²) in [6.07, 6.45) is -2.64. The van der Waals surface area contributed by atoms with Gasteiger partial charge in [0.25, 0.3) is 0 Å². The maximum atomic E-state index is 12.8. The van der Waals surface area contributed by atoms with Gasteiger partial charge in [0.15, 0.2) is 5.69 Å². The van der Waals surface area contributed by atoms with Crippen LogP contribution in [-0.4, -0.2) is 48.1 Å². The molecule has 2 N–H and O–H groups in total. The lowest BCUT2D eigenvalue weighted by atomic mass is 10.2. The van der Waals surface area contributed by atoms with Crippen molar-refractivity contribution in [3.05, 3.63) is 11.8 Å². The maximum Gasteiger partial charge on any atom is 0.433 e. The summed E-state index contributed by atoms with van der Waals surface area (Å²) in [5.74, 6) is -0.0838. The molecule has 1 fully saturated rings. The molecule has 1 atom stereocenters. The van der Waals surface area contributed by atoms with Gasteiger partial charge in [-0.25, -0.2) is 4.98 Å². The highest BCUT2D eigenvalue weighted by molar-refractivity contribution is 5.46. The number of nitrogen functional groups attached to an aromatic ring is 1. The Hall–Kier alpha value is -1.57. The second kappa shape index (κ2) is 5.43. The molecule has 112 valence electrons. The summed E-state index contributed by atoms with van der Waals surface area (Å²) in [5.41, 5.74) is 4.42. The van der Waals surface area contributed by atoms with Gasteiger partial charge in [-0.1, -0.05) is 0 Å². The SMILES string of the molecule is CN(C)CC1CCCN1c1cc(C(F)(F)F)nc(N)n1. The number of aromatic nitrogens is 2. The van der Waals surface area contributed by atoms with Crippen molar-refractivity contribution in [1.29, 1.82) is 0 Å². The van der Waals surface area contributed by atoms with Crippen molar-refractivity contribution in [3.8, 4) is 0 Å².